The fraction of sp³-hybridized carbons (Fsp3) is 0.462. The number of alkyl halides is 1. The molecule has 0 spiro atoms. The summed E-state index contributed by atoms with van der Waals surface area (Å²) in [6.07, 6.45) is 0. The smallest absolute Gasteiger partial charge is 0.253 e. The minimum absolute atomic E-state index is 0.0822. The van der Waals surface area contributed by atoms with Crippen molar-refractivity contribution in [3.05, 3.63) is 34.9 Å². The van der Waals surface area contributed by atoms with E-state index in [9.17, 15) is 4.79 Å². The predicted octanol–water partition coefficient (Wildman–Crippen LogP) is 3.16. The Balaban J connectivity index is 2.96. The molecule has 1 aromatic carbocycles. The largest absolute Gasteiger partial charge is 0.338 e. The zero-order chi connectivity index (χ0) is 12.3. The Morgan fingerprint density at radius 2 is 1.81 bits per heavy atom. The number of carbonyl (C=O) groups is 1. The molecule has 0 fully saturated rings. The van der Waals surface area contributed by atoms with Crippen molar-refractivity contribution in [2.45, 2.75) is 26.8 Å². The highest BCUT2D eigenvalue weighted by Crippen LogP contribution is 2.12. The number of hydrogen-bond donors (Lipinski definition) is 0. The van der Waals surface area contributed by atoms with Gasteiger partial charge >= 0.3 is 0 Å². The summed E-state index contributed by atoms with van der Waals surface area (Å²) in [7, 11) is 1.84. The Hall–Kier alpha value is -0.830. The highest BCUT2D eigenvalue weighted by Gasteiger charge is 2.16. The molecule has 0 aliphatic heterocycles. The van der Waals surface area contributed by atoms with E-state index in [4.69, 9.17) is 0 Å². The van der Waals surface area contributed by atoms with E-state index in [0.29, 0.717) is 0 Å². The highest BCUT2D eigenvalue weighted by atomic mass is 79.9. The van der Waals surface area contributed by atoms with Crippen LogP contribution in [0.15, 0.2) is 18.2 Å². The lowest BCUT2D eigenvalue weighted by Crippen LogP contribution is -2.36. The molecule has 1 atom stereocenters. The molecular formula is C13H18BrNO. The van der Waals surface area contributed by atoms with E-state index in [1.54, 1.807) is 4.90 Å². The summed E-state index contributed by atoms with van der Waals surface area (Å²) in [5, 5.41) is 0.792. The number of amides is 1. The van der Waals surface area contributed by atoms with Crippen LogP contribution in [0.3, 0.4) is 0 Å². The van der Waals surface area contributed by atoms with Crippen LogP contribution in [0.4, 0.5) is 0 Å². The van der Waals surface area contributed by atoms with Crippen LogP contribution in [0.25, 0.3) is 0 Å². The maximum absolute atomic E-state index is 12.2. The Kier molecular flexibility index (Phi) is 4.54. The Bertz CT molecular complexity index is 369. The molecule has 0 aliphatic carbocycles. The minimum Gasteiger partial charge on any atom is -0.338 e. The van der Waals surface area contributed by atoms with Gasteiger partial charge in [-0.05, 0) is 32.9 Å². The van der Waals surface area contributed by atoms with Gasteiger partial charge in [-0.25, -0.2) is 0 Å². The monoisotopic (exact) mass is 283 g/mol. The first kappa shape index (κ1) is 13.2. The first-order valence-electron chi connectivity index (χ1n) is 5.37. The molecule has 1 amide bonds. The molecule has 0 aromatic heterocycles. The first-order chi connectivity index (χ1) is 7.45. The van der Waals surface area contributed by atoms with Gasteiger partial charge in [0.1, 0.15) is 0 Å². The molecule has 88 valence electrons. The number of benzene rings is 1. The van der Waals surface area contributed by atoms with Crippen molar-refractivity contribution < 1.29 is 4.79 Å². The third kappa shape index (κ3) is 3.08. The summed E-state index contributed by atoms with van der Waals surface area (Å²) in [4.78, 5) is 13.9. The van der Waals surface area contributed by atoms with Crippen molar-refractivity contribution in [1.82, 2.24) is 4.90 Å². The molecule has 0 N–H and O–H groups in total. The molecule has 3 heteroatoms. The lowest BCUT2D eigenvalue weighted by Gasteiger charge is -2.23. The van der Waals surface area contributed by atoms with Crippen LogP contribution >= 0.6 is 15.9 Å². The van der Waals surface area contributed by atoms with Crippen LogP contribution < -0.4 is 0 Å². The molecule has 0 aliphatic rings. The van der Waals surface area contributed by atoms with Crippen molar-refractivity contribution in [1.29, 1.82) is 0 Å². The van der Waals surface area contributed by atoms with Crippen molar-refractivity contribution in [2.75, 3.05) is 12.4 Å². The van der Waals surface area contributed by atoms with Gasteiger partial charge in [0, 0.05) is 24.0 Å². The summed E-state index contributed by atoms with van der Waals surface area (Å²) in [5.74, 6) is 0.0822. The summed E-state index contributed by atoms with van der Waals surface area (Å²) in [5.41, 5.74) is 3.03. The van der Waals surface area contributed by atoms with Crippen molar-refractivity contribution in [3.63, 3.8) is 0 Å². The van der Waals surface area contributed by atoms with Crippen LogP contribution in [0, 0.1) is 13.8 Å². The number of nitrogens with zero attached hydrogens (tertiary/aromatic N) is 1. The zero-order valence-electron chi connectivity index (χ0n) is 10.2. The first-order valence-corrected chi connectivity index (χ1v) is 6.49. The van der Waals surface area contributed by atoms with Gasteiger partial charge in [-0.3, -0.25) is 4.79 Å². The SMILES string of the molecule is Cc1cc(C)cc(C(=O)N(C)C(C)CBr)c1. The van der Waals surface area contributed by atoms with E-state index in [1.165, 1.54) is 0 Å². The molecule has 16 heavy (non-hydrogen) atoms. The topological polar surface area (TPSA) is 20.3 Å². The second kappa shape index (κ2) is 5.48. The summed E-state index contributed by atoms with van der Waals surface area (Å²) >= 11 is 3.39. The molecule has 0 radical (unpaired) electrons. The van der Waals surface area contributed by atoms with Crippen LogP contribution in [-0.2, 0) is 0 Å². The molecule has 1 unspecified atom stereocenters. The molecule has 0 heterocycles. The van der Waals surface area contributed by atoms with E-state index in [2.05, 4.69) is 22.0 Å². The molecule has 0 saturated carbocycles. The van der Waals surface area contributed by atoms with E-state index < -0.39 is 0 Å². The second-order valence-corrected chi connectivity index (χ2v) is 4.94. The average molecular weight is 284 g/mol. The van der Waals surface area contributed by atoms with Crippen LogP contribution in [0.5, 0.6) is 0 Å². The Morgan fingerprint density at radius 1 is 1.31 bits per heavy atom. The van der Waals surface area contributed by atoms with Gasteiger partial charge in [0.25, 0.3) is 5.91 Å². The number of aryl methyl sites for hydroxylation is 2. The average Bonchev–Trinajstić information content (AvgIpc) is 2.24. The molecular weight excluding hydrogens is 266 g/mol. The standard InChI is InChI=1S/C13H18BrNO/c1-9-5-10(2)7-12(6-9)13(16)15(4)11(3)8-14/h5-7,11H,8H2,1-4H3. The van der Waals surface area contributed by atoms with Crippen molar-refractivity contribution in [3.8, 4) is 0 Å². The normalized spacial score (nSPS) is 12.3. The highest BCUT2D eigenvalue weighted by molar-refractivity contribution is 9.09. The van der Waals surface area contributed by atoms with Gasteiger partial charge in [0.15, 0.2) is 0 Å². The fourth-order valence-corrected chi connectivity index (χ4v) is 2.04. The van der Waals surface area contributed by atoms with Crippen LogP contribution in [0.1, 0.15) is 28.4 Å². The summed E-state index contributed by atoms with van der Waals surface area (Å²) in [6, 6.07) is 6.15. The van der Waals surface area contributed by atoms with Gasteiger partial charge in [-0.2, -0.15) is 0 Å². The predicted molar refractivity (Wildman–Crippen MR) is 71.3 cm³/mol. The fourth-order valence-electron chi connectivity index (χ4n) is 1.61. The maximum atomic E-state index is 12.2. The Morgan fingerprint density at radius 3 is 2.25 bits per heavy atom. The third-order valence-electron chi connectivity index (χ3n) is 2.67. The quantitative estimate of drug-likeness (QED) is 0.781. The maximum Gasteiger partial charge on any atom is 0.253 e. The summed E-state index contributed by atoms with van der Waals surface area (Å²) < 4.78 is 0. The Labute approximate surface area is 106 Å². The minimum atomic E-state index is 0.0822. The third-order valence-corrected chi connectivity index (χ3v) is 3.61. The second-order valence-electron chi connectivity index (χ2n) is 4.30. The van der Waals surface area contributed by atoms with Gasteiger partial charge in [0.05, 0.1) is 0 Å². The van der Waals surface area contributed by atoms with Crippen molar-refractivity contribution >= 4 is 21.8 Å². The van der Waals surface area contributed by atoms with Gasteiger partial charge in [0.2, 0.25) is 0 Å². The molecule has 0 saturated heterocycles. The van der Waals surface area contributed by atoms with Gasteiger partial charge in [-0.15, -0.1) is 0 Å². The lowest BCUT2D eigenvalue weighted by atomic mass is 10.1. The van der Waals surface area contributed by atoms with Gasteiger partial charge < -0.3 is 4.90 Å². The van der Waals surface area contributed by atoms with E-state index >= 15 is 0 Å². The van der Waals surface area contributed by atoms with Crippen LogP contribution in [-0.4, -0.2) is 29.2 Å². The molecule has 1 aromatic rings. The number of hydrogen-bond acceptors (Lipinski definition) is 1. The van der Waals surface area contributed by atoms with E-state index in [0.717, 1.165) is 22.0 Å². The van der Waals surface area contributed by atoms with E-state index in [-0.39, 0.29) is 11.9 Å². The zero-order valence-corrected chi connectivity index (χ0v) is 11.8. The van der Waals surface area contributed by atoms with Crippen LogP contribution in [0.2, 0.25) is 0 Å². The number of halogens is 1. The molecule has 2 nitrogen and oxygen atoms in total. The van der Waals surface area contributed by atoms with Gasteiger partial charge in [-0.1, -0.05) is 33.1 Å². The van der Waals surface area contributed by atoms with Crippen molar-refractivity contribution in [2.24, 2.45) is 0 Å². The lowest BCUT2D eigenvalue weighted by molar-refractivity contribution is 0.0758. The molecule has 1 rings (SSSR count). The number of carbonyl (C=O) groups excluding carboxylic acids is 1. The molecule has 0 bridgehead atoms. The van der Waals surface area contributed by atoms with E-state index in [1.807, 2.05) is 40.0 Å². The summed E-state index contributed by atoms with van der Waals surface area (Å²) in [6.45, 7) is 6.05. The number of rotatable bonds is 3.